The molecule has 0 radical (unpaired) electrons. The van der Waals surface area contributed by atoms with Crippen LogP contribution < -0.4 is 5.32 Å². The molecule has 1 aliphatic heterocycles. The Labute approximate surface area is 112 Å². The van der Waals surface area contributed by atoms with Gasteiger partial charge in [0, 0.05) is 38.7 Å². The molecular weight excluding hydrogens is 244 g/mol. The Hall–Kier alpha value is -1.88. The van der Waals surface area contributed by atoms with Crippen LogP contribution in [0.4, 0.5) is 0 Å². The molecule has 1 aromatic carbocycles. The number of fused-ring (bicyclic) bond motifs is 1. The van der Waals surface area contributed by atoms with Crippen molar-refractivity contribution in [2.75, 3.05) is 13.6 Å². The van der Waals surface area contributed by atoms with Gasteiger partial charge >= 0.3 is 5.97 Å². The van der Waals surface area contributed by atoms with Crippen LogP contribution in [-0.4, -0.2) is 35.5 Å². The van der Waals surface area contributed by atoms with E-state index in [4.69, 9.17) is 5.11 Å². The van der Waals surface area contributed by atoms with Crippen molar-refractivity contribution in [3.63, 3.8) is 0 Å². The molecule has 0 bridgehead atoms. The van der Waals surface area contributed by atoms with Gasteiger partial charge in [-0.15, -0.1) is 0 Å². The van der Waals surface area contributed by atoms with Gasteiger partial charge in [-0.3, -0.25) is 9.59 Å². The highest BCUT2D eigenvalue weighted by molar-refractivity contribution is 5.94. The van der Waals surface area contributed by atoms with E-state index in [1.165, 1.54) is 11.1 Å². The van der Waals surface area contributed by atoms with Crippen LogP contribution in [0.3, 0.4) is 0 Å². The number of amides is 1. The first-order valence-electron chi connectivity index (χ1n) is 6.37. The van der Waals surface area contributed by atoms with E-state index in [0.29, 0.717) is 18.5 Å². The minimum atomic E-state index is -0.829. The summed E-state index contributed by atoms with van der Waals surface area (Å²) in [7, 11) is 1.70. The van der Waals surface area contributed by atoms with E-state index < -0.39 is 5.97 Å². The van der Waals surface area contributed by atoms with Gasteiger partial charge in [0.2, 0.25) is 0 Å². The van der Waals surface area contributed by atoms with Gasteiger partial charge in [-0.1, -0.05) is 6.07 Å². The molecule has 0 saturated heterocycles. The van der Waals surface area contributed by atoms with Crippen LogP contribution >= 0.6 is 0 Å². The average Bonchev–Trinajstić information content (AvgIpc) is 2.84. The molecule has 1 aromatic rings. The van der Waals surface area contributed by atoms with Crippen molar-refractivity contribution in [1.82, 2.24) is 10.2 Å². The third-order valence-corrected chi connectivity index (χ3v) is 3.31. The second-order valence-electron chi connectivity index (χ2n) is 4.81. The molecule has 0 fully saturated rings. The summed E-state index contributed by atoms with van der Waals surface area (Å²) in [5, 5.41) is 11.8. The van der Waals surface area contributed by atoms with Crippen molar-refractivity contribution in [2.24, 2.45) is 0 Å². The Bertz CT molecular complexity index is 499. The minimum absolute atomic E-state index is 0.0555. The van der Waals surface area contributed by atoms with Crippen molar-refractivity contribution in [3.8, 4) is 0 Å². The van der Waals surface area contributed by atoms with E-state index in [1.54, 1.807) is 11.9 Å². The van der Waals surface area contributed by atoms with Crippen molar-refractivity contribution in [3.05, 3.63) is 34.9 Å². The van der Waals surface area contributed by atoms with E-state index >= 15 is 0 Å². The van der Waals surface area contributed by atoms with Crippen molar-refractivity contribution in [1.29, 1.82) is 0 Å². The highest BCUT2D eigenvalue weighted by atomic mass is 16.4. The molecule has 0 unspecified atom stereocenters. The Kier molecular flexibility index (Phi) is 4.16. The fraction of sp³-hybridized carbons (Fsp3) is 0.429. The topological polar surface area (TPSA) is 69.6 Å². The highest BCUT2D eigenvalue weighted by Crippen LogP contribution is 2.18. The van der Waals surface area contributed by atoms with Gasteiger partial charge in [0.1, 0.15) is 0 Å². The zero-order valence-electron chi connectivity index (χ0n) is 11.0. The number of carboxylic acids is 1. The molecule has 1 amide bonds. The van der Waals surface area contributed by atoms with Crippen LogP contribution in [0.1, 0.15) is 34.3 Å². The normalized spacial score (nSPS) is 13.1. The van der Waals surface area contributed by atoms with Crippen molar-refractivity contribution < 1.29 is 14.7 Å². The first kappa shape index (κ1) is 13.5. The van der Waals surface area contributed by atoms with E-state index in [0.717, 1.165) is 13.1 Å². The van der Waals surface area contributed by atoms with Crippen LogP contribution in [-0.2, 0) is 17.9 Å². The molecule has 0 aliphatic carbocycles. The summed E-state index contributed by atoms with van der Waals surface area (Å²) in [4.78, 5) is 24.2. The third kappa shape index (κ3) is 3.32. The van der Waals surface area contributed by atoms with Gasteiger partial charge in [0.15, 0.2) is 0 Å². The number of carboxylic acid groups (broad SMARTS) is 1. The number of nitrogens with zero attached hydrogens (tertiary/aromatic N) is 1. The van der Waals surface area contributed by atoms with E-state index in [9.17, 15) is 9.59 Å². The number of carbonyl (C=O) groups excluding carboxylic acids is 1. The molecule has 0 aromatic heterocycles. The standard InChI is InChI=1S/C14H18N2O3/c1-16(6-2-3-13(17)18)14(19)10-4-5-11-8-15-9-12(11)7-10/h4-5,7,15H,2-3,6,8-9H2,1H3,(H,17,18). The number of aliphatic carboxylic acids is 1. The molecule has 2 N–H and O–H groups in total. The number of carbonyl (C=O) groups is 2. The molecule has 2 rings (SSSR count). The van der Waals surface area contributed by atoms with E-state index in [1.807, 2.05) is 18.2 Å². The van der Waals surface area contributed by atoms with Gasteiger partial charge in [0.25, 0.3) is 5.91 Å². The zero-order chi connectivity index (χ0) is 13.8. The predicted molar refractivity (Wildman–Crippen MR) is 70.8 cm³/mol. The number of hydrogen-bond acceptors (Lipinski definition) is 3. The summed E-state index contributed by atoms with van der Waals surface area (Å²) in [6.45, 7) is 2.12. The third-order valence-electron chi connectivity index (χ3n) is 3.31. The molecule has 19 heavy (non-hydrogen) atoms. The fourth-order valence-electron chi connectivity index (χ4n) is 2.22. The Morgan fingerprint density at radius 1 is 1.32 bits per heavy atom. The molecule has 5 nitrogen and oxygen atoms in total. The summed E-state index contributed by atoms with van der Waals surface area (Å²) in [5.41, 5.74) is 3.08. The van der Waals surface area contributed by atoms with Gasteiger partial charge in [-0.05, 0) is 29.7 Å². The molecule has 0 saturated carbocycles. The van der Waals surface area contributed by atoms with Gasteiger partial charge < -0.3 is 15.3 Å². The fourth-order valence-corrected chi connectivity index (χ4v) is 2.22. The van der Waals surface area contributed by atoms with Crippen LogP contribution in [0.2, 0.25) is 0 Å². The van der Waals surface area contributed by atoms with Crippen LogP contribution in [0, 0.1) is 0 Å². The molecule has 5 heteroatoms. The Morgan fingerprint density at radius 3 is 2.79 bits per heavy atom. The summed E-state index contributed by atoms with van der Waals surface area (Å²) in [6.07, 6.45) is 0.565. The Balaban J connectivity index is 1.97. The maximum Gasteiger partial charge on any atom is 0.303 e. The first-order valence-corrected chi connectivity index (χ1v) is 6.37. The zero-order valence-corrected chi connectivity index (χ0v) is 11.0. The SMILES string of the molecule is CN(CCCC(=O)O)C(=O)c1ccc2c(c1)CNC2. The van der Waals surface area contributed by atoms with E-state index in [-0.39, 0.29) is 12.3 Å². The molecular formula is C14H18N2O3. The average molecular weight is 262 g/mol. The second-order valence-corrected chi connectivity index (χ2v) is 4.81. The smallest absolute Gasteiger partial charge is 0.303 e. The number of benzene rings is 1. The number of nitrogens with one attached hydrogen (secondary N) is 1. The summed E-state index contributed by atoms with van der Waals surface area (Å²) in [5.74, 6) is -0.885. The monoisotopic (exact) mass is 262 g/mol. The first-order chi connectivity index (χ1) is 9.08. The lowest BCUT2D eigenvalue weighted by Crippen LogP contribution is -2.28. The Morgan fingerprint density at radius 2 is 2.05 bits per heavy atom. The number of hydrogen-bond donors (Lipinski definition) is 2. The van der Waals surface area contributed by atoms with Gasteiger partial charge in [-0.2, -0.15) is 0 Å². The van der Waals surface area contributed by atoms with Gasteiger partial charge in [0.05, 0.1) is 0 Å². The second kappa shape index (κ2) is 5.84. The summed E-state index contributed by atoms with van der Waals surface area (Å²) in [6, 6.07) is 5.74. The lowest BCUT2D eigenvalue weighted by atomic mass is 10.1. The predicted octanol–water partition coefficient (Wildman–Crippen LogP) is 1.23. The molecule has 1 heterocycles. The largest absolute Gasteiger partial charge is 0.481 e. The summed E-state index contributed by atoms with van der Waals surface area (Å²) < 4.78 is 0. The molecule has 102 valence electrons. The lowest BCUT2D eigenvalue weighted by Gasteiger charge is -2.17. The van der Waals surface area contributed by atoms with Crippen molar-refractivity contribution >= 4 is 11.9 Å². The highest BCUT2D eigenvalue weighted by Gasteiger charge is 2.16. The van der Waals surface area contributed by atoms with Crippen LogP contribution in [0.25, 0.3) is 0 Å². The molecule has 0 atom stereocenters. The molecule has 0 spiro atoms. The minimum Gasteiger partial charge on any atom is -0.481 e. The maximum absolute atomic E-state index is 12.2. The van der Waals surface area contributed by atoms with Crippen molar-refractivity contribution in [2.45, 2.75) is 25.9 Å². The molecule has 1 aliphatic rings. The van der Waals surface area contributed by atoms with Crippen LogP contribution in [0.15, 0.2) is 18.2 Å². The number of rotatable bonds is 5. The lowest BCUT2D eigenvalue weighted by molar-refractivity contribution is -0.137. The van der Waals surface area contributed by atoms with Crippen LogP contribution in [0.5, 0.6) is 0 Å². The quantitative estimate of drug-likeness (QED) is 0.837. The maximum atomic E-state index is 12.2. The van der Waals surface area contributed by atoms with Gasteiger partial charge in [-0.25, -0.2) is 0 Å². The summed E-state index contributed by atoms with van der Waals surface area (Å²) >= 11 is 0. The van der Waals surface area contributed by atoms with E-state index in [2.05, 4.69) is 5.32 Å².